The number of aromatic nitrogens is 3. The number of aromatic amines is 1. The summed E-state index contributed by atoms with van der Waals surface area (Å²) in [6, 6.07) is 8.17. The van der Waals surface area contributed by atoms with Crippen LogP contribution in [-0.4, -0.2) is 27.7 Å². The Morgan fingerprint density at radius 3 is 3.00 bits per heavy atom. The molecular formula is C14H14N4O2S. The van der Waals surface area contributed by atoms with Crippen molar-refractivity contribution in [2.24, 2.45) is 0 Å². The van der Waals surface area contributed by atoms with Crippen LogP contribution < -0.4 is 10.1 Å². The van der Waals surface area contributed by atoms with E-state index in [4.69, 9.17) is 4.74 Å². The molecule has 0 aliphatic rings. The summed E-state index contributed by atoms with van der Waals surface area (Å²) in [4.78, 5) is 17.0. The molecular weight excluding hydrogens is 288 g/mol. The highest BCUT2D eigenvalue weighted by atomic mass is 32.1. The molecule has 3 rings (SSSR count). The topological polar surface area (TPSA) is 79.9 Å². The Labute approximate surface area is 125 Å². The molecule has 2 N–H and O–H groups in total. The Bertz CT molecular complexity index is 793. The molecule has 0 unspecified atom stereocenters. The molecule has 3 aromatic rings. The number of aryl methyl sites for hydroxylation is 1. The Kier molecular flexibility index (Phi) is 3.57. The van der Waals surface area contributed by atoms with E-state index in [2.05, 4.69) is 20.5 Å². The van der Waals surface area contributed by atoms with Crippen LogP contribution in [0.2, 0.25) is 0 Å². The molecule has 0 saturated heterocycles. The number of fused-ring (bicyclic) bond motifs is 1. The van der Waals surface area contributed by atoms with E-state index < -0.39 is 0 Å². The van der Waals surface area contributed by atoms with Gasteiger partial charge in [0.25, 0.3) is 5.91 Å². The number of ether oxygens (including phenoxy) is 1. The summed E-state index contributed by atoms with van der Waals surface area (Å²) in [5, 5.41) is 10.3. The van der Waals surface area contributed by atoms with Crippen LogP contribution in [0.15, 0.2) is 24.3 Å². The maximum atomic E-state index is 12.3. The first-order chi connectivity index (χ1) is 10.2. The smallest absolute Gasteiger partial charge is 0.337 e. The van der Waals surface area contributed by atoms with Gasteiger partial charge >= 0.3 is 6.01 Å². The van der Waals surface area contributed by atoms with Crippen LogP contribution >= 0.6 is 11.3 Å². The van der Waals surface area contributed by atoms with Gasteiger partial charge in [-0.3, -0.25) is 10.1 Å². The average molecular weight is 302 g/mol. The number of H-pyrrole nitrogens is 1. The fraction of sp³-hybridized carbons (Fsp3) is 0.214. The molecule has 0 saturated carbocycles. The maximum Gasteiger partial charge on any atom is 0.337 e. The Hall–Kier alpha value is -2.41. The van der Waals surface area contributed by atoms with Crippen molar-refractivity contribution in [2.75, 3.05) is 11.9 Å². The monoisotopic (exact) mass is 302 g/mol. The third-order valence-electron chi connectivity index (χ3n) is 3.02. The molecule has 0 aliphatic carbocycles. The molecule has 1 amide bonds. The highest BCUT2D eigenvalue weighted by Gasteiger charge is 2.16. The minimum Gasteiger partial charge on any atom is -0.463 e. The lowest BCUT2D eigenvalue weighted by Crippen LogP contribution is -2.12. The zero-order valence-corrected chi connectivity index (χ0v) is 12.5. The zero-order valence-electron chi connectivity index (χ0n) is 11.6. The molecule has 2 heterocycles. The Morgan fingerprint density at radius 1 is 1.43 bits per heavy atom. The van der Waals surface area contributed by atoms with Gasteiger partial charge in [0.15, 0.2) is 0 Å². The van der Waals surface area contributed by atoms with Crippen molar-refractivity contribution in [3.63, 3.8) is 0 Å². The molecule has 2 aromatic heterocycles. The van der Waals surface area contributed by atoms with Crippen LogP contribution in [-0.2, 0) is 0 Å². The number of hydrogen-bond donors (Lipinski definition) is 2. The second-order valence-electron chi connectivity index (χ2n) is 4.41. The van der Waals surface area contributed by atoms with Gasteiger partial charge in [-0.15, -0.1) is 16.4 Å². The van der Waals surface area contributed by atoms with Gasteiger partial charge in [0, 0.05) is 4.70 Å². The fourth-order valence-corrected chi connectivity index (χ4v) is 3.16. The van der Waals surface area contributed by atoms with E-state index in [-0.39, 0.29) is 17.9 Å². The summed E-state index contributed by atoms with van der Waals surface area (Å²) in [6.45, 7) is 4.26. The number of rotatable bonds is 4. The number of nitrogens with zero attached hydrogens (tertiary/aromatic N) is 2. The third-order valence-corrected chi connectivity index (χ3v) is 4.29. The largest absolute Gasteiger partial charge is 0.463 e. The fourth-order valence-electron chi connectivity index (χ4n) is 2.05. The summed E-state index contributed by atoms with van der Waals surface area (Å²) in [5.41, 5.74) is 0.970. The molecule has 108 valence electrons. The molecule has 0 atom stereocenters. The molecule has 6 nitrogen and oxygen atoms in total. The molecule has 21 heavy (non-hydrogen) atoms. The average Bonchev–Trinajstić information content (AvgIpc) is 3.05. The molecule has 1 aromatic carbocycles. The predicted molar refractivity (Wildman–Crippen MR) is 82.1 cm³/mol. The number of hydrogen-bond acceptors (Lipinski definition) is 5. The van der Waals surface area contributed by atoms with Crippen LogP contribution in [0.5, 0.6) is 6.01 Å². The van der Waals surface area contributed by atoms with Gasteiger partial charge in [-0.25, -0.2) is 5.10 Å². The molecule has 0 radical (unpaired) electrons. The van der Waals surface area contributed by atoms with E-state index in [1.807, 2.05) is 38.1 Å². The minimum absolute atomic E-state index is 0.201. The van der Waals surface area contributed by atoms with Gasteiger partial charge in [0.1, 0.15) is 0 Å². The van der Waals surface area contributed by atoms with E-state index in [0.717, 1.165) is 15.6 Å². The molecule has 0 spiro atoms. The SMILES string of the molecule is CCOc1n[nH]c(NC(=O)c2sc3ccccc3c2C)n1. The van der Waals surface area contributed by atoms with E-state index in [0.29, 0.717) is 11.5 Å². The van der Waals surface area contributed by atoms with Crippen molar-refractivity contribution in [3.05, 3.63) is 34.7 Å². The maximum absolute atomic E-state index is 12.3. The lowest BCUT2D eigenvalue weighted by Gasteiger charge is -1.99. The van der Waals surface area contributed by atoms with Crippen LogP contribution in [0.1, 0.15) is 22.2 Å². The highest BCUT2D eigenvalue weighted by Crippen LogP contribution is 2.30. The predicted octanol–water partition coefficient (Wildman–Crippen LogP) is 2.98. The van der Waals surface area contributed by atoms with E-state index in [1.165, 1.54) is 11.3 Å². The molecule has 7 heteroatoms. The molecule has 0 bridgehead atoms. The number of anilines is 1. The summed E-state index contributed by atoms with van der Waals surface area (Å²) in [5.74, 6) is 0.0770. The van der Waals surface area contributed by atoms with Crippen molar-refractivity contribution >= 4 is 33.3 Å². The number of nitrogens with one attached hydrogen (secondary N) is 2. The number of thiophene rings is 1. The third kappa shape index (κ3) is 2.59. The summed E-state index contributed by atoms with van der Waals surface area (Å²) >= 11 is 1.46. The Balaban J connectivity index is 1.84. The highest BCUT2D eigenvalue weighted by molar-refractivity contribution is 7.21. The van der Waals surface area contributed by atoms with Crippen LogP contribution in [0.25, 0.3) is 10.1 Å². The Morgan fingerprint density at radius 2 is 2.24 bits per heavy atom. The minimum atomic E-state index is -0.201. The van der Waals surface area contributed by atoms with Gasteiger partial charge in [-0.1, -0.05) is 18.2 Å². The number of benzene rings is 1. The van der Waals surface area contributed by atoms with Crippen molar-refractivity contribution < 1.29 is 9.53 Å². The first kappa shape index (κ1) is 13.6. The number of carbonyl (C=O) groups excluding carboxylic acids is 1. The molecule has 0 fully saturated rings. The lowest BCUT2D eigenvalue weighted by atomic mass is 10.1. The van der Waals surface area contributed by atoms with Crippen molar-refractivity contribution in [1.82, 2.24) is 15.2 Å². The van der Waals surface area contributed by atoms with Crippen molar-refractivity contribution in [3.8, 4) is 6.01 Å². The van der Waals surface area contributed by atoms with Crippen LogP contribution in [0.4, 0.5) is 5.95 Å². The van der Waals surface area contributed by atoms with Crippen molar-refractivity contribution in [2.45, 2.75) is 13.8 Å². The normalized spacial score (nSPS) is 10.8. The summed E-state index contributed by atoms with van der Waals surface area (Å²) < 4.78 is 6.23. The zero-order chi connectivity index (χ0) is 14.8. The van der Waals surface area contributed by atoms with Gasteiger partial charge in [0.05, 0.1) is 11.5 Å². The van der Waals surface area contributed by atoms with E-state index in [1.54, 1.807) is 0 Å². The van der Waals surface area contributed by atoms with Crippen molar-refractivity contribution in [1.29, 1.82) is 0 Å². The standard InChI is InChI=1S/C14H14N4O2S/c1-3-20-14-16-13(17-18-14)15-12(19)11-8(2)9-6-4-5-7-10(9)21-11/h4-7H,3H2,1-2H3,(H2,15,16,17,18,19). The van der Waals surface area contributed by atoms with Gasteiger partial charge in [-0.05, 0) is 30.9 Å². The molecule has 0 aliphatic heterocycles. The van der Waals surface area contributed by atoms with E-state index in [9.17, 15) is 4.79 Å². The van der Waals surface area contributed by atoms with Gasteiger partial charge in [-0.2, -0.15) is 4.98 Å². The summed E-state index contributed by atoms with van der Waals surface area (Å²) in [7, 11) is 0. The number of carbonyl (C=O) groups is 1. The van der Waals surface area contributed by atoms with Gasteiger partial charge < -0.3 is 4.74 Å². The number of amides is 1. The second kappa shape index (κ2) is 5.53. The van der Waals surface area contributed by atoms with Crippen LogP contribution in [0, 0.1) is 6.92 Å². The first-order valence-electron chi connectivity index (χ1n) is 6.53. The quantitative estimate of drug-likeness (QED) is 0.776. The van der Waals surface area contributed by atoms with E-state index >= 15 is 0 Å². The lowest BCUT2D eigenvalue weighted by molar-refractivity contribution is 0.102. The first-order valence-corrected chi connectivity index (χ1v) is 7.35. The summed E-state index contributed by atoms with van der Waals surface area (Å²) in [6.07, 6.45) is 0. The van der Waals surface area contributed by atoms with Gasteiger partial charge in [0.2, 0.25) is 5.95 Å². The second-order valence-corrected chi connectivity index (χ2v) is 5.46. The van der Waals surface area contributed by atoms with Crippen LogP contribution in [0.3, 0.4) is 0 Å².